The first kappa shape index (κ1) is 10.7. The molecule has 0 aliphatic carbocycles. The summed E-state index contributed by atoms with van der Waals surface area (Å²) in [6.07, 6.45) is 0.777. The van der Waals surface area contributed by atoms with E-state index in [0.29, 0.717) is 24.3 Å². The predicted octanol–water partition coefficient (Wildman–Crippen LogP) is 1.71. The Morgan fingerprint density at radius 2 is 2.12 bits per heavy atom. The van der Waals surface area contributed by atoms with Gasteiger partial charge in [0.25, 0.3) is 0 Å². The maximum atomic E-state index is 11.6. The average molecular weight is 220 g/mol. The summed E-state index contributed by atoms with van der Waals surface area (Å²) in [4.78, 5) is 22.7. The molecule has 0 bridgehead atoms. The molecule has 4 heteroatoms. The van der Waals surface area contributed by atoms with Crippen molar-refractivity contribution in [2.45, 2.75) is 19.8 Å². The van der Waals surface area contributed by atoms with Crippen LogP contribution < -0.4 is 4.74 Å². The van der Waals surface area contributed by atoms with Gasteiger partial charge in [0, 0.05) is 0 Å². The van der Waals surface area contributed by atoms with Gasteiger partial charge in [-0.3, -0.25) is 4.79 Å². The number of carbonyl (C=O) groups excluding carboxylic acids is 2. The molecule has 0 N–H and O–H groups in total. The molecular weight excluding hydrogens is 208 g/mol. The molecule has 0 radical (unpaired) electrons. The van der Waals surface area contributed by atoms with Crippen LogP contribution in [0.5, 0.6) is 5.75 Å². The van der Waals surface area contributed by atoms with Crippen LogP contribution in [0.4, 0.5) is 0 Å². The Bertz CT molecular complexity index is 437. The number of aryl methyl sites for hydroxylation is 1. The number of esters is 2. The highest BCUT2D eigenvalue weighted by Crippen LogP contribution is 2.22. The summed E-state index contributed by atoms with van der Waals surface area (Å²) in [6.45, 7) is 2.40. The third-order valence-corrected chi connectivity index (χ3v) is 2.42. The molecule has 1 aliphatic rings. The number of rotatable bonds is 2. The van der Waals surface area contributed by atoms with Crippen LogP contribution >= 0.6 is 0 Å². The number of hydrogen-bond acceptors (Lipinski definition) is 4. The topological polar surface area (TPSA) is 52.6 Å². The van der Waals surface area contributed by atoms with Gasteiger partial charge >= 0.3 is 11.9 Å². The number of carbonyl (C=O) groups is 2. The zero-order valence-corrected chi connectivity index (χ0v) is 8.99. The Labute approximate surface area is 93.2 Å². The molecule has 0 saturated heterocycles. The van der Waals surface area contributed by atoms with Crippen LogP contribution in [-0.2, 0) is 16.0 Å². The van der Waals surface area contributed by atoms with E-state index in [0.717, 1.165) is 5.56 Å². The van der Waals surface area contributed by atoms with Gasteiger partial charge in [0.15, 0.2) is 0 Å². The smallest absolute Gasteiger partial charge is 0.346 e. The quantitative estimate of drug-likeness (QED) is 0.562. The largest absolute Gasteiger partial charge is 0.494 e. The van der Waals surface area contributed by atoms with Crippen LogP contribution in [-0.4, -0.2) is 18.5 Å². The highest BCUT2D eigenvalue weighted by Gasteiger charge is 2.22. The minimum absolute atomic E-state index is 0.243. The van der Waals surface area contributed by atoms with E-state index >= 15 is 0 Å². The van der Waals surface area contributed by atoms with Crippen molar-refractivity contribution < 1.29 is 19.1 Å². The van der Waals surface area contributed by atoms with E-state index in [1.807, 2.05) is 6.92 Å². The van der Waals surface area contributed by atoms with Crippen molar-refractivity contribution in [2.24, 2.45) is 0 Å². The van der Waals surface area contributed by atoms with Crippen LogP contribution in [0.1, 0.15) is 29.3 Å². The van der Waals surface area contributed by atoms with Gasteiger partial charge in [0.2, 0.25) is 0 Å². The number of ether oxygens (including phenoxy) is 2. The van der Waals surface area contributed by atoms with Gasteiger partial charge < -0.3 is 9.47 Å². The molecular formula is C12H12O4. The Morgan fingerprint density at radius 1 is 1.31 bits per heavy atom. The van der Waals surface area contributed by atoms with E-state index < -0.39 is 11.9 Å². The summed E-state index contributed by atoms with van der Waals surface area (Å²) >= 11 is 0. The molecule has 1 aromatic rings. The Balaban J connectivity index is 2.37. The van der Waals surface area contributed by atoms with E-state index in [2.05, 4.69) is 4.74 Å². The molecule has 16 heavy (non-hydrogen) atoms. The molecule has 0 amide bonds. The second kappa shape index (κ2) is 4.35. The van der Waals surface area contributed by atoms with Gasteiger partial charge in [-0.2, -0.15) is 0 Å². The molecule has 0 unspecified atom stereocenters. The van der Waals surface area contributed by atoms with Crippen molar-refractivity contribution in [3.05, 3.63) is 29.3 Å². The first-order valence-corrected chi connectivity index (χ1v) is 5.21. The number of benzene rings is 1. The normalized spacial score (nSPS) is 15.1. The van der Waals surface area contributed by atoms with Crippen molar-refractivity contribution in [3.8, 4) is 5.75 Å². The van der Waals surface area contributed by atoms with Crippen LogP contribution in [0.3, 0.4) is 0 Å². The predicted molar refractivity (Wildman–Crippen MR) is 56.4 cm³/mol. The molecule has 1 heterocycles. The maximum Gasteiger partial charge on any atom is 0.346 e. The zero-order valence-electron chi connectivity index (χ0n) is 8.99. The summed E-state index contributed by atoms with van der Waals surface area (Å²) in [6, 6.07) is 5.23. The van der Waals surface area contributed by atoms with E-state index in [-0.39, 0.29) is 6.42 Å². The van der Waals surface area contributed by atoms with Gasteiger partial charge in [-0.1, -0.05) is 6.07 Å². The number of fused-ring (bicyclic) bond motifs is 1. The van der Waals surface area contributed by atoms with Crippen LogP contribution in [0.25, 0.3) is 0 Å². The lowest BCUT2D eigenvalue weighted by atomic mass is 10.0. The van der Waals surface area contributed by atoms with Crippen LogP contribution in [0, 0.1) is 0 Å². The monoisotopic (exact) mass is 220 g/mol. The lowest BCUT2D eigenvalue weighted by Gasteiger charge is -2.07. The fourth-order valence-corrected chi connectivity index (χ4v) is 1.67. The third-order valence-electron chi connectivity index (χ3n) is 2.42. The second-order valence-electron chi connectivity index (χ2n) is 3.51. The van der Waals surface area contributed by atoms with Gasteiger partial charge in [-0.15, -0.1) is 0 Å². The fraction of sp³-hybridized carbons (Fsp3) is 0.333. The Morgan fingerprint density at radius 3 is 2.88 bits per heavy atom. The summed E-state index contributed by atoms with van der Waals surface area (Å²) in [7, 11) is 0. The second-order valence-corrected chi connectivity index (χ2v) is 3.51. The van der Waals surface area contributed by atoms with Gasteiger partial charge in [0.05, 0.1) is 18.6 Å². The molecule has 4 nitrogen and oxygen atoms in total. The summed E-state index contributed by atoms with van der Waals surface area (Å²) in [5.74, 6) is -0.439. The SMILES string of the molecule is CCOc1ccc2c(c1)C(=O)OC(=O)CC2. The third kappa shape index (κ3) is 2.05. The van der Waals surface area contributed by atoms with E-state index in [1.165, 1.54) is 0 Å². The number of cyclic esters (lactones) is 2. The highest BCUT2D eigenvalue weighted by atomic mass is 16.6. The minimum atomic E-state index is -0.584. The molecule has 1 aliphatic heterocycles. The molecule has 0 saturated carbocycles. The molecule has 0 spiro atoms. The van der Waals surface area contributed by atoms with Crippen molar-refractivity contribution >= 4 is 11.9 Å². The van der Waals surface area contributed by atoms with Crippen LogP contribution in [0.15, 0.2) is 18.2 Å². The first-order valence-electron chi connectivity index (χ1n) is 5.21. The van der Waals surface area contributed by atoms with E-state index in [4.69, 9.17) is 4.74 Å². The average Bonchev–Trinajstić information content (AvgIpc) is 2.40. The number of hydrogen-bond donors (Lipinski definition) is 0. The summed E-state index contributed by atoms with van der Waals surface area (Å²) < 4.78 is 9.93. The Kier molecular flexibility index (Phi) is 2.90. The van der Waals surface area contributed by atoms with Crippen molar-refractivity contribution in [1.82, 2.24) is 0 Å². The lowest BCUT2D eigenvalue weighted by molar-refractivity contribution is -0.137. The molecule has 0 aromatic heterocycles. The van der Waals surface area contributed by atoms with Crippen molar-refractivity contribution in [3.63, 3.8) is 0 Å². The van der Waals surface area contributed by atoms with Crippen molar-refractivity contribution in [2.75, 3.05) is 6.61 Å². The molecule has 0 atom stereocenters. The molecule has 2 rings (SSSR count). The summed E-state index contributed by atoms with van der Waals surface area (Å²) in [5.41, 5.74) is 1.26. The van der Waals surface area contributed by atoms with Gasteiger partial charge in [0.1, 0.15) is 5.75 Å². The van der Waals surface area contributed by atoms with Crippen LogP contribution in [0.2, 0.25) is 0 Å². The highest BCUT2D eigenvalue weighted by molar-refractivity contribution is 5.99. The maximum absolute atomic E-state index is 11.6. The van der Waals surface area contributed by atoms with E-state index in [9.17, 15) is 9.59 Å². The minimum Gasteiger partial charge on any atom is -0.494 e. The molecule has 0 fully saturated rings. The van der Waals surface area contributed by atoms with Gasteiger partial charge in [-0.05, 0) is 31.0 Å². The fourth-order valence-electron chi connectivity index (χ4n) is 1.67. The van der Waals surface area contributed by atoms with Gasteiger partial charge in [-0.25, -0.2) is 4.79 Å². The zero-order chi connectivity index (χ0) is 11.5. The van der Waals surface area contributed by atoms with E-state index in [1.54, 1.807) is 18.2 Å². The molecule has 1 aromatic carbocycles. The molecule has 84 valence electrons. The lowest BCUT2D eigenvalue weighted by Crippen LogP contribution is -2.09. The van der Waals surface area contributed by atoms with Crippen molar-refractivity contribution in [1.29, 1.82) is 0 Å². The first-order chi connectivity index (χ1) is 7.70. The summed E-state index contributed by atoms with van der Waals surface area (Å²) in [5, 5.41) is 0. The standard InChI is InChI=1S/C12H12O4/c1-2-15-9-5-3-8-4-6-11(13)16-12(14)10(8)7-9/h3,5,7H,2,4,6H2,1H3. The Hall–Kier alpha value is -1.84.